The van der Waals surface area contributed by atoms with Crippen molar-refractivity contribution < 1.29 is 4.79 Å². The first-order valence-corrected chi connectivity index (χ1v) is 6.04. The summed E-state index contributed by atoms with van der Waals surface area (Å²) in [5.41, 5.74) is 8.42. The largest absolute Gasteiger partial charge is 0.357 e. The van der Waals surface area contributed by atoms with Crippen LogP contribution in [0.15, 0.2) is 42.6 Å². The van der Waals surface area contributed by atoms with E-state index in [2.05, 4.69) is 10.3 Å². The maximum Gasteiger partial charge on any atom is 0.272 e. The molecule has 1 aromatic heterocycles. The highest BCUT2D eigenvalue weighted by molar-refractivity contribution is 6.02. The number of aromatic nitrogens is 1. The van der Waals surface area contributed by atoms with Crippen LogP contribution in [0, 0.1) is 0 Å². The normalized spacial score (nSPS) is 21.6. The molecule has 2 atom stereocenters. The van der Waals surface area contributed by atoms with Gasteiger partial charge in [-0.15, -0.1) is 0 Å². The second kappa shape index (κ2) is 4.31. The van der Waals surface area contributed by atoms with Gasteiger partial charge in [-0.25, -0.2) is 0 Å². The molecule has 1 fully saturated rings. The van der Waals surface area contributed by atoms with E-state index in [1.54, 1.807) is 18.3 Å². The molecule has 92 valence electrons. The molecule has 4 heteroatoms. The second-order valence-electron chi connectivity index (χ2n) is 4.67. The van der Waals surface area contributed by atoms with Crippen LogP contribution in [0.5, 0.6) is 0 Å². The number of carbonyl (C=O) groups is 1. The van der Waals surface area contributed by atoms with Gasteiger partial charge in [-0.05, 0) is 36.2 Å². The van der Waals surface area contributed by atoms with Crippen LogP contribution in [0.2, 0.25) is 0 Å². The number of H-pyrrole nitrogens is 1. The fourth-order valence-corrected chi connectivity index (χ4v) is 2.08. The maximum atomic E-state index is 11.8. The van der Waals surface area contributed by atoms with Crippen molar-refractivity contribution in [2.45, 2.75) is 18.4 Å². The fourth-order valence-electron chi connectivity index (χ4n) is 2.08. The van der Waals surface area contributed by atoms with Crippen molar-refractivity contribution in [3.63, 3.8) is 0 Å². The minimum Gasteiger partial charge on any atom is -0.357 e. The summed E-state index contributed by atoms with van der Waals surface area (Å²) in [5, 5.41) is 2.84. The molecule has 3 rings (SSSR count). The molecule has 0 bridgehead atoms. The molecule has 0 aliphatic heterocycles. The molecular formula is C14H15N3O. The zero-order chi connectivity index (χ0) is 12.5. The van der Waals surface area contributed by atoms with Gasteiger partial charge in [0.1, 0.15) is 5.69 Å². The van der Waals surface area contributed by atoms with Crippen molar-refractivity contribution in [3.8, 4) is 0 Å². The van der Waals surface area contributed by atoms with Crippen molar-refractivity contribution in [2.24, 2.45) is 5.73 Å². The molecule has 1 aliphatic carbocycles. The monoisotopic (exact) mass is 241 g/mol. The van der Waals surface area contributed by atoms with Crippen molar-refractivity contribution in [1.29, 1.82) is 0 Å². The highest BCUT2D eigenvalue weighted by atomic mass is 16.1. The van der Waals surface area contributed by atoms with Crippen molar-refractivity contribution in [2.75, 3.05) is 5.32 Å². The minimum absolute atomic E-state index is 0.129. The molecule has 1 saturated carbocycles. The third kappa shape index (κ3) is 2.15. The Hall–Kier alpha value is -2.07. The Balaban J connectivity index is 1.68. The molecule has 0 spiro atoms. The van der Waals surface area contributed by atoms with Gasteiger partial charge in [-0.1, -0.05) is 12.1 Å². The number of carbonyl (C=O) groups excluding carboxylic acids is 1. The summed E-state index contributed by atoms with van der Waals surface area (Å²) in [6, 6.07) is 11.7. The van der Waals surface area contributed by atoms with Gasteiger partial charge in [-0.3, -0.25) is 4.79 Å². The fraction of sp³-hybridized carbons (Fsp3) is 0.214. The number of rotatable bonds is 3. The lowest BCUT2D eigenvalue weighted by Gasteiger charge is -2.05. The van der Waals surface area contributed by atoms with Crippen LogP contribution in [0.1, 0.15) is 28.4 Å². The Labute approximate surface area is 105 Å². The van der Waals surface area contributed by atoms with Gasteiger partial charge in [-0.2, -0.15) is 0 Å². The quantitative estimate of drug-likeness (QED) is 0.770. The predicted octanol–water partition coefficient (Wildman–Crippen LogP) is 2.08. The summed E-state index contributed by atoms with van der Waals surface area (Å²) in [5.74, 6) is 0.369. The van der Waals surface area contributed by atoms with Crippen LogP contribution < -0.4 is 11.1 Å². The number of benzene rings is 1. The minimum atomic E-state index is -0.129. The third-order valence-corrected chi connectivity index (χ3v) is 3.28. The summed E-state index contributed by atoms with van der Waals surface area (Å²) in [7, 11) is 0. The maximum absolute atomic E-state index is 11.8. The van der Waals surface area contributed by atoms with E-state index < -0.39 is 0 Å². The number of aromatic amines is 1. The lowest BCUT2D eigenvalue weighted by Crippen LogP contribution is -2.12. The first-order chi connectivity index (χ1) is 8.74. The summed E-state index contributed by atoms with van der Waals surface area (Å²) >= 11 is 0. The van der Waals surface area contributed by atoms with E-state index in [1.165, 1.54) is 5.56 Å². The summed E-state index contributed by atoms with van der Waals surface area (Å²) in [4.78, 5) is 14.7. The first kappa shape index (κ1) is 11.0. The Bertz CT molecular complexity index is 545. The van der Waals surface area contributed by atoms with Crippen LogP contribution in [0.4, 0.5) is 5.69 Å². The van der Waals surface area contributed by atoms with E-state index in [-0.39, 0.29) is 5.91 Å². The van der Waals surface area contributed by atoms with Crippen molar-refractivity contribution in [1.82, 2.24) is 4.98 Å². The van der Waals surface area contributed by atoms with Gasteiger partial charge in [0.05, 0.1) is 0 Å². The summed E-state index contributed by atoms with van der Waals surface area (Å²) in [6.07, 6.45) is 2.79. The molecule has 4 N–H and O–H groups in total. The molecule has 1 aliphatic rings. The molecule has 4 nitrogen and oxygen atoms in total. The van der Waals surface area contributed by atoms with E-state index in [0.717, 1.165) is 12.1 Å². The van der Waals surface area contributed by atoms with Gasteiger partial charge >= 0.3 is 0 Å². The Morgan fingerprint density at radius 1 is 1.28 bits per heavy atom. The van der Waals surface area contributed by atoms with Gasteiger partial charge in [0, 0.05) is 23.8 Å². The van der Waals surface area contributed by atoms with Crippen LogP contribution in [-0.2, 0) is 0 Å². The summed E-state index contributed by atoms with van der Waals surface area (Å²) < 4.78 is 0. The van der Waals surface area contributed by atoms with Crippen LogP contribution in [0.25, 0.3) is 0 Å². The van der Waals surface area contributed by atoms with E-state index >= 15 is 0 Å². The van der Waals surface area contributed by atoms with E-state index in [1.807, 2.05) is 24.3 Å². The Morgan fingerprint density at radius 3 is 2.56 bits per heavy atom. The lowest BCUT2D eigenvalue weighted by molar-refractivity contribution is 0.102. The van der Waals surface area contributed by atoms with Gasteiger partial charge in [0.2, 0.25) is 0 Å². The topological polar surface area (TPSA) is 70.9 Å². The zero-order valence-electron chi connectivity index (χ0n) is 9.89. The molecule has 0 radical (unpaired) electrons. The number of amides is 1. The average Bonchev–Trinajstić information content (AvgIpc) is 2.91. The molecule has 1 heterocycles. The first-order valence-electron chi connectivity index (χ1n) is 6.04. The molecule has 18 heavy (non-hydrogen) atoms. The summed E-state index contributed by atoms with van der Waals surface area (Å²) in [6.45, 7) is 0. The van der Waals surface area contributed by atoms with E-state index in [0.29, 0.717) is 17.7 Å². The standard InChI is InChI=1S/C14H15N3O/c15-12-8-11(12)9-3-5-10(6-4-9)17-14(18)13-2-1-7-16-13/h1-7,11-12,16H,8,15H2,(H,17,18)/t11-,12+/m0/s1. The third-order valence-electron chi connectivity index (χ3n) is 3.28. The smallest absolute Gasteiger partial charge is 0.272 e. The number of nitrogens with two attached hydrogens (primary N) is 1. The zero-order valence-corrected chi connectivity index (χ0v) is 9.89. The van der Waals surface area contributed by atoms with Gasteiger partial charge < -0.3 is 16.0 Å². The van der Waals surface area contributed by atoms with Crippen LogP contribution >= 0.6 is 0 Å². The van der Waals surface area contributed by atoms with Crippen LogP contribution in [0.3, 0.4) is 0 Å². The molecule has 0 unspecified atom stereocenters. The average molecular weight is 241 g/mol. The lowest BCUT2D eigenvalue weighted by atomic mass is 10.1. The van der Waals surface area contributed by atoms with E-state index in [4.69, 9.17) is 5.73 Å². The van der Waals surface area contributed by atoms with E-state index in [9.17, 15) is 4.79 Å². The SMILES string of the molecule is N[C@@H]1C[C@H]1c1ccc(NC(=O)c2ccc[nH]2)cc1. The second-order valence-corrected chi connectivity index (χ2v) is 4.67. The van der Waals surface area contributed by atoms with Gasteiger partial charge in [0.25, 0.3) is 5.91 Å². The van der Waals surface area contributed by atoms with Crippen LogP contribution in [-0.4, -0.2) is 16.9 Å². The highest BCUT2D eigenvalue weighted by Crippen LogP contribution is 2.39. The number of hydrogen-bond donors (Lipinski definition) is 3. The predicted molar refractivity (Wildman–Crippen MR) is 70.5 cm³/mol. The van der Waals surface area contributed by atoms with Crippen molar-refractivity contribution >= 4 is 11.6 Å². The van der Waals surface area contributed by atoms with Crippen molar-refractivity contribution in [3.05, 3.63) is 53.9 Å². The number of anilines is 1. The molecule has 1 aromatic carbocycles. The van der Waals surface area contributed by atoms with Gasteiger partial charge in [0.15, 0.2) is 0 Å². The number of hydrogen-bond acceptors (Lipinski definition) is 2. The molecule has 1 amide bonds. The molecular weight excluding hydrogens is 226 g/mol. The Kier molecular flexibility index (Phi) is 2.64. The number of nitrogens with one attached hydrogen (secondary N) is 2. The Morgan fingerprint density at radius 2 is 2.00 bits per heavy atom. The highest BCUT2D eigenvalue weighted by Gasteiger charge is 2.34. The molecule has 2 aromatic rings. The molecule has 0 saturated heterocycles.